The number of aliphatic hydroxyl groups is 2. The highest BCUT2D eigenvalue weighted by Crippen LogP contribution is 2.42. The number of nitrogens with one attached hydrogen (secondary N) is 2. The Kier molecular flexibility index (Phi) is 8.18. The number of thiazole rings is 1. The van der Waals surface area contributed by atoms with E-state index in [1.54, 1.807) is 13.1 Å². The highest BCUT2D eigenvalue weighted by molar-refractivity contribution is 7.91. The maximum Gasteiger partial charge on any atom is 0.224 e. The van der Waals surface area contributed by atoms with Gasteiger partial charge in [-0.05, 0) is 50.3 Å². The summed E-state index contributed by atoms with van der Waals surface area (Å²) in [5, 5.41) is 29.7. The molecule has 5 rings (SSSR count). The summed E-state index contributed by atoms with van der Waals surface area (Å²) in [6.07, 6.45) is 0.271. The van der Waals surface area contributed by atoms with Crippen LogP contribution in [0.1, 0.15) is 45.0 Å². The molecule has 0 amide bonds. The Hall–Kier alpha value is -3.33. The molecule has 1 aliphatic rings. The van der Waals surface area contributed by atoms with Crippen LogP contribution in [0.2, 0.25) is 0 Å². The number of halogens is 2. The van der Waals surface area contributed by atoms with Gasteiger partial charge >= 0.3 is 0 Å². The van der Waals surface area contributed by atoms with Crippen molar-refractivity contribution in [3.63, 3.8) is 0 Å². The molecule has 230 valence electrons. The van der Waals surface area contributed by atoms with E-state index in [1.807, 2.05) is 13.0 Å². The first kappa shape index (κ1) is 31.1. The number of nitrogens with zero attached hydrogens (tertiary/aromatic N) is 4. The number of aryl methyl sites for hydroxylation is 2. The largest absolute Gasteiger partial charge is 0.388 e. The molecule has 0 spiro atoms. The van der Waals surface area contributed by atoms with Gasteiger partial charge in [-0.15, -0.1) is 11.3 Å². The molecule has 1 aromatic carbocycles. The molecule has 3 aromatic heterocycles. The minimum absolute atomic E-state index is 0.0119. The molecule has 10 nitrogen and oxygen atoms in total. The van der Waals surface area contributed by atoms with E-state index in [9.17, 15) is 27.4 Å². The van der Waals surface area contributed by atoms with Crippen LogP contribution < -0.4 is 10.6 Å². The highest BCUT2D eigenvalue weighted by atomic mass is 32.2. The summed E-state index contributed by atoms with van der Waals surface area (Å²) in [6, 6.07) is 3.92. The lowest BCUT2D eigenvalue weighted by Gasteiger charge is -2.31. The molecule has 0 aliphatic heterocycles. The second kappa shape index (κ2) is 11.3. The van der Waals surface area contributed by atoms with Crippen molar-refractivity contribution in [1.29, 1.82) is 0 Å². The lowest BCUT2D eigenvalue weighted by Crippen LogP contribution is -2.48. The van der Waals surface area contributed by atoms with Crippen LogP contribution in [0.15, 0.2) is 35.4 Å². The summed E-state index contributed by atoms with van der Waals surface area (Å²) in [5.74, 6) is -3.06. The van der Waals surface area contributed by atoms with Gasteiger partial charge in [-0.3, -0.25) is 4.98 Å². The fourth-order valence-corrected chi connectivity index (χ4v) is 7.93. The average molecular weight is 633 g/mol. The first-order valence-corrected chi connectivity index (χ1v) is 16.2. The monoisotopic (exact) mass is 632 g/mol. The van der Waals surface area contributed by atoms with Crippen LogP contribution in [0.5, 0.6) is 0 Å². The number of benzene rings is 1. The number of hydrogen-bond donors (Lipinski definition) is 4. The van der Waals surface area contributed by atoms with Gasteiger partial charge in [-0.1, -0.05) is 20.8 Å². The van der Waals surface area contributed by atoms with Crippen molar-refractivity contribution >= 4 is 43.2 Å². The van der Waals surface area contributed by atoms with Crippen molar-refractivity contribution in [3.05, 3.63) is 53.5 Å². The topological polar surface area (TPSA) is 150 Å². The first-order valence-electron chi connectivity index (χ1n) is 13.8. The molecule has 0 bridgehead atoms. The second-order valence-electron chi connectivity index (χ2n) is 12.2. The minimum Gasteiger partial charge on any atom is -0.388 e. The van der Waals surface area contributed by atoms with Crippen LogP contribution in [-0.4, -0.2) is 62.7 Å². The normalized spacial score (nSPS) is 21.0. The van der Waals surface area contributed by atoms with E-state index in [2.05, 4.69) is 46.4 Å². The number of aromatic nitrogens is 4. The molecule has 1 aliphatic carbocycles. The van der Waals surface area contributed by atoms with Crippen LogP contribution in [-0.2, 0) is 9.84 Å². The number of sulfone groups is 1. The predicted octanol–water partition coefficient (Wildman–Crippen LogP) is 4.85. The van der Waals surface area contributed by atoms with Gasteiger partial charge in [0.1, 0.15) is 34.1 Å². The van der Waals surface area contributed by atoms with Crippen LogP contribution in [0, 0.1) is 36.8 Å². The fraction of sp³-hybridized carbons (Fsp3) is 0.448. The molecule has 1 saturated carbocycles. The second-order valence-corrected chi connectivity index (χ2v) is 15.3. The van der Waals surface area contributed by atoms with Gasteiger partial charge in [0.25, 0.3) is 0 Å². The number of fused-ring (bicyclic) bond motifs is 1. The Bertz CT molecular complexity index is 1770. The lowest BCUT2D eigenvalue weighted by atomic mass is 9.97. The Labute approximate surface area is 252 Å². The molecular weight excluding hydrogens is 598 g/mol. The van der Waals surface area contributed by atoms with E-state index in [4.69, 9.17) is 4.98 Å². The molecular formula is C29H34F2N6O4S2. The average Bonchev–Trinajstić information content (AvgIpc) is 3.44. The third-order valence-corrected chi connectivity index (χ3v) is 10.2. The number of aliphatic hydroxyl groups excluding tert-OH is 1. The number of rotatable bonds is 8. The Morgan fingerprint density at radius 3 is 2.44 bits per heavy atom. The summed E-state index contributed by atoms with van der Waals surface area (Å²) >= 11 is 1.41. The Morgan fingerprint density at radius 1 is 1.09 bits per heavy atom. The van der Waals surface area contributed by atoms with Crippen molar-refractivity contribution in [1.82, 2.24) is 19.9 Å². The zero-order chi connectivity index (χ0) is 31.3. The van der Waals surface area contributed by atoms with Crippen molar-refractivity contribution in [2.24, 2.45) is 11.3 Å². The smallest absolute Gasteiger partial charge is 0.224 e. The summed E-state index contributed by atoms with van der Waals surface area (Å²) < 4.78 is 54.4. The highest BCUT2D eigenvalue weighted by Gasteiger charge is 2.49. The summed E-state index contributed by atoms with van der Waals surface area (Å²) in [4.78, 5) is 17.9. The third kappa shape index (κ3) is 6.61. The number of hydrogen-bond acceptors (Lipinski definition) is 11. The quantitative estimate of drug-likeness (QED) is 0.199. The van der Waals surface area contributed by atoms with Crippen LogP contribution in [0.3, 0.4) is 0 Å². The van der Waals surface area contributed by atoms with Gasteiger partial charge in [0.15, 0.2) is 15.6 Å². The van der Waals surface area contributed by atoms with Crippen molar-refractivity contribution in [3.8, 4) is 10.6 Å². The molecule has 0 saturated heterocycles. The summed E-state index contributed by atoms with van der Waals surface area (Å²) in [7, 11) is -4.18. The standard InChI is InChI=1S/C29H34F2N6O4S2/c1-15-22(26-35-23-16(2)32-9-7-21(23)42-26)25(36-27(34-15)33-14-28(3,4)5)37-29(39)8-6-17(24(29)38)13-43(40,41)20-11-18(30)10-19(31)12-20/h7,9-12,17,24,38-39H,6,8,13-14H2,1-5H3,(H2,33,34,36,37). The van der Waals surface area contributed by atoms with Gasteiger partial charge in [-0.25, -0.2) is 27.2 Å². The molecule has 3 heterocycles. The van der Waals surface area contributed by atoms with Crippen LogP contribution in [0.25, 0.3) is 20.8 Å². The van der Waals surface area contributed by atoms with Crippen molar-refractivity contribution in [2.45, 2.75) is 64.2 Å². The Balaban J connectivity index is 1.49. The molecule has 14 heteroatoms. The molecule has 4 N–H and O–H groups in total. The molecule has 3 atom stereocenters. The van der Waals surface area contributed by atoms with E-state index in [-0.39, 0.29) is 24.1 Å². The third-order valence-electron chi connectivity index (χ3n) is 7.37. The van der Waals surface area contributed by atoms with Gasteiger partial charge < -0.3 is 20.8 Å². The van der Waals surface area contributed by atoms with Gasteiger partial charge in [-0.2, -0.15) is 4.98 Å². The number of pyridine rings is 1. The zero-order valence-electron chi connectivity index (χ0n) is 24.4. The zero-order valence-corrected chi connectivity index (χ0v) is 26.1. The number of anilines is 2. The van der Waals surface area contributed by atoms with E-state index in [1.165, 1.54) is 11.3 Å². The van der Waals surface area contributed by atoms with E-state index in [0.29, 0.717) is 34.8 Å². The van der Waals surface area contributed by atoms with Crippen molar-refractivity contribution < 1.29 is 27.4 Å². The van der Waals surface area contributed by atoms with Crippen LogP contribution >= 0.6 is 11.3 Å². The first-order chi connectivity index (χ1) is 20.0. The molecule has 1 fully saturated rings. The van der Waals surface area contributed by atoms with E-state index < -0.39 is 49.9 Å². The summed E-state index contributed by atoms with van der Waals surface area (Å²) in [6.45, 7) is 10.4. The summed E-state index contributed by atoms with van der Waals surface area (Å²) in [5.41, 5.74) is 0.531. The van der Waals surface area contributed by atoms with Gasteiger partial charge in [0, 0.05) is 24.7 Å². The molecule has 0 radical (unpaired) electrons. The molecule has 3 unspecified atom stereocenters. The molecule has 4 aromatic rings. The van der Waals surface area contributed by atoms with E-state index in [0.717, 1.165) is 28.0 Å². The maximum absolute atomic E-state index is 13.7. The molecule has 43 heavy (non-hydrogen) atoms. The Morgan fingerprint density at radius 2 is 1.79 bits per heavy atom. The van der Waals surface area contributed by atoms with Crippen LogP contribution in [0.4, 0.5) is 20.5 Å². The predicted molar refractivity (Wildman–Crippen MR) is 162 cm³/mol. The van der Waals surface area contributed by atoms with E-state index >= 15 is 0 Å². The van der Waals surface area contributed by atoms with Gasteiger partial charge in [0.05, 0.1) is 32.3 Å². The van der Waals surface area contributed by atoms with Crippen molar-refractivity contribution in [2.75, 3.05) is 22.9 Å². The van der Waals surface area contributed by atoms with Gasteiger partial charge in [0.2, 0.25) is 5.95 Å². The SMILES string of the molecule is Cc1nc(NCC(C)(C)C)nc(NC2(O)CCC(CS(=O)(=O)c3cc(F)cc(F)c3)C2O)c1-c1nc2c(C)nccc2s1. The maximum atomic E-state index is 13.7. The minimum atomic E-state index is -4.18. The fourth-order valence-electron chi connectivity index (χ4n) is 5.13. The lowest BCUT2D eigenvalue weighted by molar-refractivity contribution is -0.0442.